The van der Waals surface area contributed by atoms with Gasteiger partial charge in [0.2, 0.25) is 11.8 Å². The Morgan fingerprint density at radius 1 is 1.22 bits per heavy atom. The van der Waals surface area contributed by atoms with Gasteiger partial charge in [0.25, 0.3) is 5.56 Å². The van der Waals surface area contributed by atoms with Gasteiger partial charge in [-0.25, -0.2) is 4.98 Å². The van der Waals surface area contributed by atoms with Gasteiger partial charge in [-0.2, -0.15) is 0 Å². The zero-order valence-electron chi connectivity index (χ0n) is 18.1. The third-order valence-electron chi connectivity index (χ3n) is 6.40. The van der Waals surface area contributed by atoms with Gasteiger partial charge in [0.15, 0.2) is 0 Å². The van der Waals surface area contributed by atoms with Crippen LogP contribution in [0.1, 0.15) is 43.0 Å². The highest BCUT2D eigenvalue weighted by Crippen LogP contribution is 2.35. The van der Waals surface area contributed by atoms with Gasteiger partial charge in [-0.15, -0.1) is 11.3 Å². The van der Waals surface area contributed by atoms with Crippen molar-refractivity contribution in [3.8, 4) is 0 Å². The van der Waals surface area contributed by atoms with Crippen LogP contribution in [0, 0.1) is 5.92 Å². The monoisotopic (exact) mass is 450 g/mol. The molecule has 8 heteroatoms. The summed E-state index contributed by atoms with van der Waals surface area (Å²) < 4.78 is 1.55. The number of hydrogen-bond acceptors (Lipinski definition) is 5. The first-order valence-electron chi connectivity index (χ1n) is 11.2. The molecule has 1 aliphatic carbocycles. The summed E-state index contributed by atoms with van der Waals surface area (Å²) in [5.41, 5.74) is 2.64. The molecule has 0 bridgehead atoms. The number of thiophene rings is 1. The normalized spacial score (nSPS) is 18.2. The molecule has 3 aromatic rings. The quantitative estimate of drug-likeness (QED) is 0.642. The summed E-state index contributed by atoms with van der Waals surface area (Å²) in [5.74, 6) is 0.619. The maximum absolute atomic E-state index is 13.1. The molecule has 166 valence electrons. The number of anilines is 2. The highest BCUT2D eigenvalue weighted by Gasteiger charge is 2.23. The number of aromatic nitrogens is 2. The predicted octanol–water partition coefficient (Wildman–Crippen LogP) is 3.74. The van der Waals surface area contributed by atoms with E-state index in [-0.39, 0.29) is 30.3 Å². The second kappa shape index (κ2) is 8.50. The largest absolute Gasteiger partial charge is 0.326 e. The summed E-state index contributed by atoms with van der Waals surface area (Å²) in [4.78, 5) is 45.8. The van der Waals surface area contributed by atoms with E-state index in [0.717, 1.165) is 53.7 Å². The van der Waals surface area contributed by atoms with Crippen LogP contribution in [0.15, 0.2) is 35.4 Å². The number of carbonyl (C=O) groups excluding carboxylic acids is 2. The van der Waals surface area contributed by atoms with Crippen molar-refractivity contribution < 1.29 is 9.59 Å². The van der Waals surface area contributed by atoms with Crippen LogP contribution in [0.4, 0.5) is 11.4 Å². The van der Waals surface area contributed by atoms with Gasteiger partial charge in [0, 0.05) is 42.2 Å². The summed E-state index contributed by atoms with van der Waals surface area (Å²) in [5, 5.41) is 3.61. The number of aryl methyl sites for hydroxylation is 2. The summed E-state index contributed by atoms with van der Waals surface area (Å²) in [6, 6.07) is 7.30. The third kappa shape index (κ3) is 3.95. The molecule has 0 radical (unpaired) electrons. The number of hydrogen-bond donors (Lipinski definition) is 1. The van der Waals surface area contributed by atoms with Crippen LogP contribution in [0.5, 0.6) is 0 Å². The van der Waals surface area contributed by atoms with Crippen molar-refractivity contribution in [3.05, 3.63) is 51.4 Å². The maximum atomic E-state index is 13.1. The SMILES string of the molecule is CC1CCc2c(sc3ncn(CCC(=O)Nc4ccc(N5CCCC5=O)cc4)c(=O)c23)C1. The fraction of sp³-hybridized carbons (Fsp3) is 0.417. The molecule has 2 aliphatic rings. The molecular weight excluding hydrogens is 424 g/mol. The van der Waals surface area contributed by atoms with Crippen molar-refractivity contribution in [1.29, 1.82) is 0 Å². The fourth-order valence-corrected chi connectivity index (χ4v) is 5.96. The average molecular weight is 451 g/mol. The van der Waals surface area contributed by atoms with E-state index in [0.29, 0.717) is 18.0 Å². The highest BCUT2D eigenvalue weighted by atomic mass is 32.1. The Morgan fingerprint density at radius 2 is 2.03 bits per heavy atom. The van der Waals surface area contributed by atoms with E-state index in [1.165, 1.54) is 4.88 Å². The first kappa shape index (κ1) is 20.9. The molecular formula is C24H26N4O3S. The van der Waals surface area contributed by atoms with Gasteiger partial charge in [0.05, 0.1) is 11.7 Å². The summed E-state index contributed by atoms with van der Waals surface area (Å²) >= 11 is 1.63. The van der Waals surface area contributed by atoms with E-state index in [1.54, 1.807) is 39.3 Å². The van der Waals surface area contributed by atoms with Gasteiger partial charge >= 0.3 is 0 Å². The average Bonchev–Trinajstić information content (AvgIpc) is 3.37. The minimum atomic E-state index is -0.164. The maximum Gasteiger partial charge on any atom is 0.262 e. The van der Waals surface area contributed by atoms with E-state index in [2.05, 4.69) is 17.2 Å². The number of benzene rings is 1. The van der Waals surface area contributed by atoms with Crippen LogP contribution in [0.2, 0.25) is 0 Å². The molecule has 5 rings (SSSR count). The number of amides is 2. The Balaban J connectivity index is 1.24. The molecule has 1 aliphatic heterocycles. The summed E-state index contributed by atoms with van der Waals surface area (Å²) in [7, 11) is 0. The van der Waals surface area contributed by atoms with Gasteiger partial charge in [-0.3, -0.25) is 19.0 Å². The van der Waals surface area contributed by atoms with Crippen LogP contribution < -0.4 is 15.8 Å². The number of rotatable bonds is 5. The molecule has 7 nitrogen and oxygen atoms in total. The number of fused-ring (bicyclic) bond motifs is 3. The van der Waals surface area contributed by atoms with Crippen molar-refractivity contribution in [3.63, 3.8) is 0 Å². The predicted molar refractivity (Wildman–Crippen MR) is 126 cm³/mol. The van der Waals surface area contributed by atoms with E-state index in [1.807, 2.05) is 12.1 Å². The highest BCUT2D eigenvalue weighted by molar-refractivity contribution is 7.18. The zero-order valence-corrected chi connectivity index (χ0v) is 18.9. The summed E-state index contributed by atoms with van der Waals surface area (Å²) in [6.45, 7) is 3.27. The molecule has 2 aromatic heterocycles. The standard InChI is InChI=1S/C24H26N4O3S/c1-15-4-9-18-19(13-15)32-23-22(18)24(31)27(14-25-23)12-10-20(29)26-16-5-7-17(8-6-16)28-11-2-3-21(28)30/h5-8,14-15H,2-4,9-13H2,1H3,(H,26,29). The zero-order chi connectivity index (χ0) is 22.2. The number of nitrogens with zero attached hydrogens (tertiary/aromatic N) is 3. The Hall–Kier alpha value is -3.00. The molecule has 32 heavy (non-hydrogen) atoms. The Morgan fingerprint density at radius 3 is 2.78 bits per heavy atom. The van der Waals surface area contributed by atoms with Crippen LogP contribution >= 0.6 is 11.3 Å². The number of nitrogens with one attached hydrogen (secondary N) is 1. The van der Waals surface area contributed by atoms with Crippen molar-refractivity contribution in [2.24, 2.45) is 5.92 Å². The summed E-state index contributed by atoms with van der Waals surface area (Å²) in [6.07, 6.45) is 6.25. The molecule has 1 saturated heterocycles. The van der Waals surface area contributed by atoms with Crippen molar-refractivity contribution in [1.82, 2.24) is 9.55 Å². The van der Waals surface area contributed by atoms with Crippen molar-refractivity contribution in [2.75, 3.05) is 16.8 Å². The van der Waals surface area contributed by atoms with Crippen LogP contribution in [-0.2, 0) is 29.0 Å². The smallest absolute Gasteiger partial charge is 0.262 e. The minimum Gasteiger partial charge on any atom is -0.326 e. The van der Waals surface area contributed by atoms with Gasteiger partial charge in [-0.1, -0.05) is 6.92 Å². The third-order valence-corrected chi connectivity index (χ3v) is 7.56. The molecule has 1 fully saturated rings. The molecule has 1 N–H and O–H groups in total. The van der Waals surface area contributed by atoms with Gasteiger partial charge in [-0.05, 0) is 61.4 Å². The van der Waals surface area contributed by atoms with E-state index >= 15 is 0 Å². The molecule has 1 atom stereocenters. The lowest BCUT2D eigenvalue weighted by molar-refractivity contribution is -0.117. The second-order valence-corrected chi connectivity index (χ2v) is 9.85. The molecule has 0 spiro atoms. The molecule has 1 unspecified atom stereocenters. The van der Waals surface area contributed by atoms with Crippen LogP contribution in [0.25, 0.3) is 10.2 Å². The fourth-order valence-electron chi connectivity index (χ4n) is 4.62. The van der Waals surface area contributed by atoms with Crippen molar-refractivity contribution >= 4 is 44.7 Å². The number of carbonyl (C=O) groups is 2. The van der Waals surface area contributed by atoms with Crippen LogP contribution in [-0.4, -0.2) is 27.9 Å². The lowest BCUT2D eigenvalue weighted by Gasteiger charge is -2.17. The van der Waals surface area contributed by atoms with E-state index in [4.69, 9.17) is 0 Å². The van der Waals surface area contributed by atoms with Gasteiger partial charge in [0.1, 0.15) is 4.83 Å². The Kier molecular flexibility index (Phi) is 5.55. The Labute approximate surface area is 190 Å². The topological polar surface area (TPSA) is 84.3 Å². The second-order valence-electron chi connectivity index (χ2n) is 8.77. The molecule has 2 amide bonds. The molecule has 3 heterocycles. The molecule has 0 saturated carbocycles. The first-order chi connectivity index (χ1) is 15.5. The Bertz CT molecular complexity index is 1240. The molecule has 1 aromatic carbocycles. The van der Waals surface area contributed by atoms with E-state index < -0.39 is 0 Å². The van der Waals surface area contributed by atoms with Crippen LogP contribution in [0.3, 0.4) is 0 Å². The van der Waals surface area contributed by atoms with Crippen molar-refractivity contribution in [2.45, 2.75) is 52.0 Å². The minimum absolute atomic E-state index is 0.0468. The van der Waals surface area contributed by atoms with E-state index in [9.17, 15) is 14.4 Å². The van der Waals surface area contributed by atoms with Gasteiger partial charge < -0.3 is 10.2 Å². The first-order valence-corrected chi connectivity index (χ1v) is 12.0. The lowest BCUT2D eigenvalue weighted by Crippen LogP contribution is -2.24. The lowest BCUT2D eigenvalue weighted by atomic mass is 9.89.